The summed E-state index contributed by atoms with van der Waals surface area (Å²) in [5.74, 6) is 0.170. The van der Waals surface area contributed by atoms with Crippen LogP contribution in [0, 0.1) is 0 Å². The number of rotatable bonds is 2. The maximum Gasteiger partial charge on any atom is 0.227 e. The molecule has 1 aliphatic heterocycles. The summed E-state index contributed by atoms with van der Waals surface area (Å²) in [5.41, 5.74) is 3.25. The zero-order valence-corrected chi connectivity index (χ0v) is 15.9. The summed E-state index contributed by atoms with van der Waals surface area (Å²) in [6, 6.07) is 8.17. The third kappa shape index (κ3) is 2.93. The minimum absolute atomic E-state index is 0.170. The number of nitrogens with zero attached hydrogens (tertiary/aromatic N) is 1. The summed E-state index contributed by atoms with van der Waals surface area (Å²) in [4.78, 5) is 14.5. The first-order chi connectivity index (χ1) is 9.97. The molecule has 0 saturated carbocycles. The van der Waals surface area contributed by atoms with Gasteiger partial charge < -0.3 is 4.90 Å². The van der Waals surface area contributed by atoms with Crippen LogP contribution in [-0.4, -0.2) is 13.0 Å². The number of anilines is 1. The predicted octanol–water partition coefficient (Wildman–Crippen LogP) is 5.51. The Bertz CT molecular complexity index is 696. The number of aryl methyl sites for hydroxylation is 1. The van der Waals surface area contributed by atoms with Gasteiger partial charge in [0.2, 0.25) is 5.91 Å². The van der Waals surface area contributed by atoms with Crippen molar-refractivity contribution in [3.05, 3.63) is 48.5 Å². The lowest BCUT2D eigenvalue weighted by atomic mass is 9.97. The molecule has 1 amide bonds. The van der Waals surface area contributed by atoms with Crippen molar-refractivity contribution < 1.29 is 4.79 Å². The smallest absolute Gasteiger partial charge is 0.227 e. The second kappa shape index (κ2) is 6.03. The summed E-state index contributed by atoms with van der Waals surface area (Å²) in [6.45, 7) is 0. The largest absolute Gasteiger partial charge is 0.315 e. The second-order valence-corrected chi connectivity index (χ2v) is 8.67. The molecule has 6 heteroatoms. The van der Waals surface area contributed by atoms with E-state index < -0.39 is 0 Å². The Morgan fingerprint density at radius 3 is 2.71 bits per heavy atom. The average molecular weight is 450 g/mol. The minimum Gasteiger partial charge on any atom is -0.315 e. The first-order valence-corrected chi connectivity index (χ1v) is 9.29. The van der Waals surface area contributed by atoms with Crippen molar-refractivity contribution in [2.24, 2.45) is 0 Å². The fraction of sp³-hybridized carbons (Fsp3) is 0.267. The molecule has 0 saturated heterocycles. The maximum absolute atomic E-state index is 11.7. The molecule has 1 unspecified atom stereocenters. The topological polar surface area (TPSA) is 20.3 Å². The van der Waals surface area contributed by atoms with Crippen LogP contribution < -0.4 is 4.90 Å². The highest BCUT2D eigenvalue weighted by Gasteiger charge is 2.23. The number of hydrogen-bond donors (Lipinski definition) is 0. The Labute approximate surface area is 149 Å². The number of carbonyl (C=O) groups is 1. The van der Waals surface area contributed by atoms with Gasteiger partial charge in [-0.25, -0.2) is 0 Å². The molecule has 2 nitrogen and oxygen atoms in total. The van der Waals surface area contributed by atoms with Crippen LogP contribution in [0.3, 0.4) is 0 Å². The van der Waals surface area contributed by atoms with E-state index in [-0.39, 0.29) is 11.3 Å². The molecule has 110 valence electrons. The van der Waals surface area contributed by atoms with Gasteiger partial charge in [-0.05, 0) is 61.5 Å². The maximum atomic E-state index is 11.7. The van der Waals surface area contributed by atoms with E-state index in [1.54, 1.807) is 16.2 Å². The molecule has 1 atom stereocenters. The van der Waals surface area contributed by atoms with Crippen molar-refractivity contribution in [1.82, 2.24) is 0 Å². The normalized spacial score (nSPS) is 16.0. The van der Waals surface area contributed by atoms with E-state index in [4.69, 9.17) is 11.6 Å². The Morgan fingerprint density at radius 2 is 2.05 bits per heavy atom. The van der Waals surface area contributed by atoms with Crippen molar-refractivity contribution in [3.8, 4) is 0 Å². The van der Waals surface area contributed by atoms with Gasteiger partial charge in [-0.15, -0.1) is 22.9 Å². The van der Waals surface area contributed by atoms with Crippen LogP contribution in [0.4, 0.5) is 5.69 Å². The Morgan fingerprint density at radius 1 is 1.29 bits per heavy atom. The summed E-state index contributed by atoms with van der Waals surface area (Å²) in [7, 11) is 1.83. The molecule has 21 heavy (non-hydrogen) atoms. The summed E-state index contributed by atoms with van der Waals surface area (Å²) >= 11 is 15.2. The van der Waals surface area contributed by atoms with Gasteiger partial charge in [0, 0.05) is 28.5 Å². The first kappa shape index (κ1) is 15.5. The van der Waals surface area contributed by atoms with Gasteiger partial charge in [0.25, 0.3) is 0 Å². The molecule has 0 bridgehead atoms. The van der Waals surface area contributed by atoms with Crippen molar-refractivity contribution in [2.45, 2.75) is 18.2 Å². The number of amides is 1. The molecule has 0 N–H and O–H groups in total. The van der Waals surface area contributed by atoms with E-state index in [2.05, 4.69) is 37.9 Å². The van der Waals surface area contributed by atoms with E-state index in [1.807, 2.05) is 25.2 Å². The number of halogens is 3. The van der Waals surface area contributed by atoms with E-state index in [9.17, 15) is 4.79 Å². The molecule has 1 aromatic carbocycles. The van der Waals surface area contributed by atoms with Gasteiger partial charge in [0.15, 0.2) is 0 Å². The van der Waals surface area contributed by atoms with Crippen LogP contribution in [0.25, 0.3) is 0 Å². The van der Waals surface area contributed by atoms with Gasteiger partial charge in [0.05, 0.1) is 9.16 Å². The van der Waals surface area contributed by atoms with Gasteiger partial charge in [-0.1, -0.05) is 12.1 Å². The van der Waals surface area contributed by atoms with Gasteiger partial charge in [-0.2, -0.15) is 0 Å². The van der Waals surface area contributed by atoms with Gasteiger partial charge in [-0.3, -0.25) is 4.79 Å². The summed E-state index contributed by atoms with van der Waals surface area (Å²) < 4.78 is 2.07. The molecular formula is C15H12Br2ClNOS. The molecule has 2 aromatic rings. The lowest BCUT2D eigenvalue weighted by Gasteiger charge is -2.26. The minimum atomic E-state index is -0.175. The molecule has 0 radical (unpaired) electrons. The monoisotopic (exact) mass is 447 g/mol. The van der Waals surface area contributed by atoms with Crippen molar-refractivity contribution in [3.63, 3.8) is 0 Å². The number of hydrogen-bond acceptors (Lipinski definition) is 2. The molecule has 2 heterocycles. The molecule has 1 aromatic heterocycles. The lowest BCUT2D eigenvalue weighted by Crippen LogP contribution is -2.31. The highest BCUT2D eigenvalue weighted by molar-refractivity contribution is 9.13. The third-order valence-corrected chi connectivity index (χ3v) is 7.59. The number of carbonyl (C=O) groups excluding carboxylic acids is 1. The van der Waals surface area contributed by atoms with E-state index in [0.717, 1.165) is 30.8 Å². The van der Waals surface area contributed by atoms with Crippen LogP contribution in [0.5, 0.6) is 0 Å². The Hall–Kier alpha value is -0.360. The number of alkyl halides is 1. The second-order valence-electron chi connectivity index (χ2n) is 4.97. The molecule has 0 aliphatic carbocycles. The van der Waals surface area contributed by atoms with Crippen LogP contribution in [0.2, 0.25) is 0 Å². The number of benzene rings is 1. The molecule has 0 spiro atoms. The first-order valence-electron chi connectivity index (χ1n) is 6.45. The fourth-order valence-corrected chi connectivity index (χ4v) is 4.91. The Balaban J connectivity index is 1.95. The fourth-order valence-electron chi connectivity index (χ4n) is 2.49. The van der Waals surface area contributed by atoms with Gasteiger partial charge >= 0.3 is 0 Å². The van der Waals surface area contributed by atoms with E-state index in [1.165, 1.54) is 5.56 Å². The number of fused-ring (bicyclic) bond motifs is 1. The van der Waals surface area contributed by atoms with Crippen molar-refractivity contribution in [1.29, 1.82) is 0 Å². The highest BCUT2D eigenvalue weighted by atomic mass is 79.9. The standard InChI is InChI=1S/C15H12Br2ClNOS/c1-19-11-4-2-9(6-8(11)3-5-13(19)20)14(18)12-7-10(16)15(17)21-12/h2,4,6-7,14H,3,5H2,1H3. The lowest BCUT2D eigenvalue weighted by molar-refractivity contribution is -0.118. The summed E-state index contributed by atoms with van der Waals surface area (Å²) in [6.07, 6.45) is 1.35. The van der Waals surface area contributed by atoms with Crippen LogP contribution in [-0.2, 0) is 11.2 Å². The predicted molar refractivity (Wildman–Crippen MR) is 95.6 cm³/mol. The summed E-state index contributed by atoms with van der Waals surface area (Å²) in [5, 5.41) is -0.175. The Kier molecular flexibility index (Phi) is 4.46. The molecule has 0 fully saturated rings. The van der Waals surface area contributed by atoms with E-state index in [0.29, 0.717) is 6.42 Å². The molecular weight excluding hydrogens is 437 g/mol. The SMILES string of the molecule is CN1C(=O)CCc2cc(C(Cl)c3cc(Br)c(Br)s3)ccc21. The van der Waals surface area contributed by atoms with Crippen molar-refractivity contribution in [2.75, 3.05) is 11.9 Å². The number of thiophene rings is 1. The van der Waals surface area contributed by atoms with Crippen LogP contribution in [0.1, 0.15) is 27.8 Å². The highest BCUT2D eigenvalue weighted by Crippen LogP contribution is 2.41. The molecule has 3 rings (SSSR count). The quantitative estimate of drug-likeness (QED) is 0.554. The average Bonchev–Trinajstić information content (AvgIpc) is 2.81. The zero-order valence-electron chi connectivity index (χ0n) is 11.2. The van der Waals surface area contributed by atoms with Gasteiger partial charge in [0.1, 0.15) is 0 Å². The third-order valence-electron chi connectivity index (χ3n) is 3.65. The van der Waals surface area contributed by atoms with E-state index >= 15 is 0 Å². The van der Waals surface area contributed by atoms with Crippen molar-refractivity contribution >= 4 is 66.4 Å². The van der Waals surface area contributed by atoms with Crippen LogP contribution in [0.15, 0.2) is 32.5 Å². The van der Waals surface area contributed by atoms with Crippen LogP contribution >= 0.6 is 54.8 Å². The zero-order chi connectivity index (χ0) is 15.1. The molecule has 1 aliphatic rings.